The second-order valence-corrected chi connectivity index (χ2v) is 21.7. The number of fused-ring (bicyclic) bond motifs is 10. The first-order valence-corrected chi connectivity index (χ1v) is 26.7. The Morgan fingerprint density at radius 3 is 1.16 bits per heavy atom. The van der Waals surface area contributed by atoms with E-state index in [0.29, 0.717) is 36.5 Å². The lowest BCUT2D eigenvalue weighted by atomic mass is 9.69. The van der Waals surface area contributed by atoms with Gasteiger partial charge in [-0.25, -0.2) is 0 Å². The molecule has 0 bridgehead atoms. The molecule has 2 heterocycles. The van der Waals surface area contributed by atoms with Gasteiger partial charge in [0.15, 0.2) is 0 Å². The van der Waals surface area contributed by atoms with Gasteiger partial charge in [-0.15, -0.1) is 0 Å². The van der Waals surface area contributed by atoms with Crippen LogP contribution in [0.4, 0.5) is 0 Å². The fraction of sp³-hybridized carbons (Fsp3) is 0.284. The molecule has 14 rings (SSSR count). The maximum Gasteiger partial charge on any atom is 0.122 e. The van der Waals surface area contributed by atoms with E-state index >= 15 is 0 Å². The van der Waals surface area contributed by atoms with Gasteiger partial charge in [-0.2, -0.15) is 0 Å². The molecule has 0 saturated carbocycles. The van der Waals surface area contributed by atoms with Gasteiger partial charge in [0.25, 0.3) is 0 Å². The van der Waals surface area contributed by atoms with E-state index in [4.69, 9.17) is 28.4 Å². The predicted molar refractivity (Wildman–Crippen MR) is 288 cm³/mol. The number of aliphatic hydroxyl groups is 1. The topological polar surface area (TPSA) is 82.2 Å². The summed E-state index contributed by atoms with van der Waals surface area (Å²) in [5.41, 5.74) is 21.0. The Morgan fingerprint density at radius 2 is 0.797 bits per heavy atom. The molecular formula is C67H60O7. The van der Waals surface area contributed by atoms with E-state index in [1.807, 2.05) is 0 Å². The molecule has 0 radical (unpaired) electrons. The van der Waals surface area contributed by atoms with Crippen LogP contribution in [0.2, 0.25) is 0 Å². The highest BCUT2D eigenvalue weighted by Crippen LogP contribution is 2.60. The zero-order chi connectivity index (χ0) is 49.5. The molecule has 2 fully saturated rings. The Labute approximate surface area is 433 Å². The lowest BCUT2D eigenvalue weighted by Crippen LogP contribution is -2.27. The maximum atomic E-state index is 11.3. The second-order valence-electron chi connectivity index (χ2n) is 21.7. The quantitative estimate of drug-likeness (QED) is 0.0966. The van der Waals surface area contributed by atoms with Gasteiger partial charge < -0.3 is 33.5 Å². The van der Waals surface area contributed by atoms with Crippen molar-refractivity contribution in [3.05, 3.63) is 237 Å². The minimum Gasteiger partial charge on any atom is -0.491 e. The Kier molecular flexibility index (Phi) is 11.1. The first-order valence-electron chi connectivity index (χ1n) is 26.7. The van der Waals surface area contributed by atoms with E-state index in [9.17, 15) is 5.11 Å². The van der Waals surface area contributed by atoms with Crippen LogP contribution in [0.5, 0.6) is 23.0 Å². The van der Waals surface area contributed by atoms with Crippen LogP contribution < -0.4 is 18.9 Å². The van der Waals surface area contributed by atoms with E-state index in [2.05, 4.69) is 184 Å². The first-order chi connectivity index (χ1) is 36.3. The van der Waals surface area contributed by atoms with Gasteiger partial charge >= 0.3 is 0 Å². The molecule has 7 nitrogen and oxygen atoms in total. The van der Waals surface area contributed by atoms with Gasteiger partial charge in [0.2, 0.25) is 0 Å². The van der Waals surface area contributed by atoms with Crippen molar-refractivity contribution < 1.29 is 33.5 Å². The number of aliphatic hydroxyl groups excluding tert-OH is 1. The molecular weight excluding hydrogens is 917 g/mol. The minimum atomic E-state index is -0.841. The van der Waals surface area contributed by atoms with Gasteiger partial charge in [-0.05, 0) is 175 Å². The van der Waals surface area contributed by atoms with E-state index in [0.717, 1.165) is 50.4 Å². The summed E-state index contributed by atoms with van der Waals surface area (Å²) in [6.45, 7) is 7.66. The van der Waals surface area contributed by atoms with E-state index in [1.54, 1.807) is 0 Å². The monoisotopic (exact) mass is 976 g/mol. The van der Waals surface area contributed by atoms with Crippen molar-refractivity contribution in [2.75, 3.05) is 39.6 Å². The molecule has 2 aliphatic heterocycles. The SMILES string of the molecule is CC1CC(c2ccc(OCC(O)COc3ccc(C4(c5ccc(OCC6CO6)cc5)CC(C)c5c4ccc4c5-c5ccccc5C4)cc3)cc2)(c2ccc(OCC3CO3)cc2)c2ccc3c(c21)-c1ccccc1C3. The highest BCUT2D eigenvalue weighted by atomic mass is 16.6. The van der Waals surface area contributed by atoms with Crippen LogP contribution in [-0.2, 0) is 33.1 Å². The normalized spacial score (nSPS) is 23.4. The third-order valence-electron chi connectivity index (χ3n) is 17.1. The summed E-state index contributed by atoms with van der Waals surface area (Å²) in [6, 6.07) is 61.8. The molecule has 370 valence electrons. The average Bonchev–Trinajstić information content (AvgIpc) is 4.38. The van der Waals surface area contributed by atoms with Gasteiger partial charge in [-0.1, -0.05) is 135 Å². The Hall–Kier alpha value is -7.16. The van der Waals surface area contributed by atoms with Gasteiger partial charge in [-0.3, -0.25) is 0 Å². The molecule has 2 saturated heterocycles. The molecule has 1 N–H and O–H groups in total. The molecule has 74 heavy (non-hydrogen) atoms. The molecule has 8 aromatic carbocycles. The maximum absolute atomic E-state index is 11.3. The summed E-state index contributed by atoms with van der Waals surface area (Å²) in [4.78, 5) is 0. The van der Waals surface area contributed by atoms with Crippen LogP contribution in [0, 0.1) is 0 Å². The van der Waals surface area contributed by atoms with Crippen LogP contribution in [0.1, 0.15) is 105 Å². The van der Waals surface area contributed by atoms with Crippen molar-refractivity contribution in [1.82, 2.24) is 0 Å². The number of benzene rings is 8. The first kappa shape index (κ1) is 45.5. The number of rotatable bonds is 16. The van der Waals surface area contributed by atoms with Gasteiger partial charge in [0.1, 0.15) is 67.7 Å². The number of hydrogen-bond donors (Lipinski definition) is 1. The van der Waals surface area contributed by atoms with E-state index in [1.165, 1.54) is 89.0 Å². The number of hydrogen-bond acceptors (Lipinski definition) is 7. The Bertz CT molecular complexity index is 3180. The van der Waals surface area contributed by atoms with Crippen LogP contribution in [0.15, 0.2) is 170 Å². The highest BCUT2D eigenvalue weighted by molar-refractivity contribution is 5.84. The number of epoxide rings is 2. The smallest absolute Gasteiger partial charge is 0.122 e. The molecule has 0 amide bonds. The van der Waals surface area contributed by atoms with Gasteiger partial charge in [0.05, 0.1) is 13.2 Å². The number of ether oxygens (including phenoxy) is 6. The molecule has 6 unspecified atom stereocenters. The summed E-state index contributed by atoms with van der Waals surface area (Å²) in [5.74, 6) is 3.79. The highest BCUT2D eigenvalue weighted by Gasteiger charge is 2.49. The molecule has 8 aromatic rings. The van der Waals surface area contributed by atoms with Crippen LogP contribution in [0.3, 0.4) is 0 Å². The van der Waals surface area contributed by atoms with Crippen molar-refractivity contribution in [2.24, 2.45) is 0 Å². The molecule has 0 spiro atoms. The van der Waals surface area contributed by atoms with E-state index in [-0.39, 0.29) is 36.3 Å². The lowest BCUT2D eigenvalue weighted by Gasteiger charge is -2.33. The van der Waals surface area contributed by atoms with Crippen molar-refractivity contribution in [3.63, 3.8) is 0 Å². The zero-order valence-corrected chi connectivity index (χ0v) is 42.0. The lowest BCUT2D eigenvalue weighted by molar-refractivity contribution is 0.0626. The Morgan fingerprint density at radius 1 is 0.446 bits per heavy atom. The van der Waals surface area contributed by atoms with Crippen molar-refractivity contribution >= 4 is 0 Å². The van der Waals surface area contributed by atoms with Crippen LogP contribution in [-0.4, -0.2) is 63.1 Å². The molecule has 7 heteroatoms. The van der Waals surface area contributed by atoms with Gasteiger partial charge in [0, 0.05) is 10.8 Å². The zero-order valence-electron chi connectivity index (χ0n) is 42.0. The minimum absolute atomic E-state index is 0.0972. The third kappa shape index (κ3) is 7.73. The molecule has 6 aliphatic rings. The third-order valence-corrected chi connectivity index (χ3v) is 17.1. The van der Waals surface area contributed by atoms with Crippen LogP contribution in [0.25, 0.3) is 22.3 Å². The largest absolute Gasteiger partial charge is 0.491 e. The van der Waals surface area contributed by atoms with Crippen molar-refractivity contribution in [3.8, 4) is 45.3 Å². The summed E-state index contributed by atoms with van der Waals surface area (Å²) < 4.78 is 35.6. The summed E-state index contributed by atoms with van der Waals surface area (Å²) in [6.07, 6.45) is 3.39. The van der Waals surface area contributed by atoms with E-state index < -0.39 is 6.10 Å². The predicted octanol–water partition coefficient (Wildman–Crippen LogP) is 12.9. The molecule has 0 aromatic heterocycles. The summed E-state index contributed by atoms with van der Waals surface area (Å²) >= 11 is 0. The van der Waals surface area contributed by atoms with Crippen molar-refractivity contribution in [1.29, 1.82) is 0 Å². The molecule has 6 atom stereocenters. The van der Waals surface area contributed by atoms with Crippen LogP contribution >= 0.6 is 0 Å². The second kappa shape index (κ2) is 18.0. The summed E-state index contributed by atoms with van der Waals surface area (Å²) in [5, 5.41) is 11.3. The summed E-state index contributed by atoms with van der Waals surface area (Å²) in [7, 11) is 0. The Balaban J connectivity index is 0.696. The standard InChI is InChI=1S/C67H60O7/c1-41-33-66(49-17-25-54(26-18-49)71-37-56-39-73-56,60-29-11-45-31-43-7-3-5-9-58(43)64(45)62(41)60)47-13-21-52(22-14-47)69-35-51(68)36-70-53-23-15-48(16-24-53)67(50-19-27-55(28-20-50)72-38-57-40-74-57)34-42(2)63-61(67)30-12-46-32-44-8-4-6-10-59(44)65(46)63/h3-30,41-42,51,56-57,68H,31-40H2,1-2H3. The van der Waals surface area contributed by atoms with Crippen molar-refractivity contribution in [2.45, 2.75) is 80.5 Å². The fourth-order valence-corrected chi connectivity index (χ4v) is 13.5. The molecule has 4 aliphatic carbocycles. The fourth-order valence-electron chi connectivity index (χ4n) is 13.5. The average molecular weight is 977 g/mol.